The highest BCUT2D eigenvalue weighted by molar-refractivity contribution is 5.30. The van der Waals surface area contributed by atoms with E-state index >= 15 is 0 Å². The van der Waals surface area contributed by atoms with Crippen molar-refractivity contribution in [3.8, 4) is 5.75 Å². The number of ether oxygens (including phenoxy) is 1. The van der Waals surface area contributed by atoms with Crippen molar-refractivity contribution in [2.45, 2.75) is 25.4 Å². The topological polar surface area (TPSA) is 47.3 Å². The van der Waals surface area contributed by atoms with Crippen molar-refractivity contribution in [1.82, 2.24) is 9.78 Å². The van der Waals surface area contributed by atoms with Crippen molar-refractivity contribution < 1.29 is 9.84 Å². The van der Waals surface area contributed by atoms with E-state index in [1.54, 1.807) is 38.0 Å². The molecule has 4 heteroatoms. The van der Waals surface area contributed by atoms with Crippen LogP contribution in [0, 0.1) is 0 Å². The molecule has 0 fully saturated rings. The van der Waals surface area contributed by atoms with E-state index in [0.717, 1.165) is 6.42 Å². The maximum Gasteiger partial charge on any atom is 0.162 e. The summed E-state index contributed by atoms with van der Waals surface area (Å²) in [7, 11) is 3.37. The summed E-state index contributed by atoms with van der Waals surface area (Å²) in [4.78, 5) is 0. The summed E-state index contributed by atoms with van der Waals surface area (Å²) in [5.41, 5.74) is -0.239. The number of rotatable bonds is 5. The quantitative estimate of drug-likeness (QED) is 0.751. The van der Waals surface area contributed by atoms with Gasteiger partial charge in [0.15, 0.2) is 5.75 Å². The van der Waals surface area contributed by atoms with Crippen molar-refractivity contribution >= 4 is 0 Å². The maximum atomic E-state index is 10.3. The van der Waals surface area contributed by atoms with Gasteiger partial charge < -0.3 is 9.84 Å². The lowest BCUT2D eigenvalue weighted by Gasteiger charge is -2.23. The first-order chi connectivity index (χ1) is 7.03. The van der Waals surface area contributed by atoms with Gasteiger partial charge in [0.25, 0.3) is 0 Å². The van der Waals surface area contributed by atoms with Crippen LogP contribution in [0.2, 0.25) is 0 Å². The molecule has 1 N–H and O–H groups in total. The number of aliphatic hydroxyl groups is 1. The Bertz CT molecular complexity index is 342. The Labute approximate surface area is 90.2 Å². The molecule has 1 aromatic heterocycles. The second-order valence-electron chi connectivity index (χ2n) is 3.79. The minimum Gasteiger partial charge on any atom is -0.493 e. The standard InChI is InChI=1S/C11H18N2O2/c1-5-6-7-11(2,14)10-9(15-4)8-12-13(10)3/h5,8,14H,1,6-7H2,2-4H3. The summed E-state index contributed by atoms with van der Waals surface area (Å²) in [6, 6.07) is 0. The second-order valence-corrected chi connectivity index (χ2v) is 3.79. The first-order valence-electron chi connectivity index (χ1n) is 4.92. The highest BCUT2D eigenvalue weighted by Crippen LogP contribution is 2.32. The Morgan fingerprint density at radius 3 is 2.93 bits per heavy atom. The van der Waals surface area contributed by atoms with Crippen LogP contribution in [0.25, 0.3) is 0 Å². The van der Waals surface area contributed by atoms with E-state index in [1.165, 1.54) is 0 Å². The first-order valence-corrected chi connectivity index (χ1v) is 4.92. The van der Waals surface area contributed by atoms with Crippen LogP contribution in [0.4, 0.5) is 0 Å². The van der Waals surface area contributed by atoms with E-state index in [0.29, 0.717) is 17.9 Å². The molecule has 0 saturated heterocycles. The zero-order valence-corrected chi connectivity index (χ0v) is 9.53. The third-order valence-electron chi connectivity index (χ3n) is 2.47. The van der Waals surface area contributed by atoms with Crippen LogP contribution in [0.1, 0.15) is 25.5 Å². The molecule has 84 valence electrons. The minimum absolute atomic E-state index is 0.604. The molecule has 0 aliphatic heterocycles. The molecule has 1 atom stereocenters. The van der Waals surface area contributed by atoms with Crippen molar-refractivity contribution in [3.05, 3.63) is 24.5 Å². The summed E-state index contributed by atoms with van der Waals surface area (Å²) >= 11 is 0. The molecule has 0 aliphatic carbocycles. The summed E-state index contributed by atoms with van der Waals surface area (Å²) in [6.07, 6.45) is 4.75. The normalized spacial score (nSPS) is 14.7. The Hall–Kier alpha value is -1.29. The number of allylic oxidation sites excluding steroid dienone is 1. The summed E-state index contributed by atoms with van der Waals surface area (Å²) in [6.45, 7) is 5.41. The van der Waals surface area contributed by atoms with E-state index in [-0.39, 0.29) is 0 Å². The van der Waals surface area contributed by atoms with Gasteiger partial charge in [-0.3, -0.25) is 4.68 Å². The Morgan fingerprint density at radius 2 is 2.40 bits per heavy atom. The number of nitrogens with zero attached hydrogens (tertiary/aromatic N) is 2. The second kappa shape index (κ2) is 4.49. The van der Waals surface area contributed by atoms with Gasteiger partial charge >= 0.3 is 0 Å². The summed E-state index contributed by atoms with van der Waals surface area (Å²) in [5.74, 6) is 0.617. The van der Waals surface area contributed by atoms with Crippen LogP contribution < -0.4 is 4.74 Å². The molecule has 0 aliphatic rings. The van der Waals surface area contributed by atoms with Gasteiger partial charge in [-0.25, -0.2) is 0 Å². The monoisotopic (exact) mass is 210 g/mol. The van der Waals surface area contributed by atoms with E-state index in [4.69, 9.17) is 4.74 Å². The third kappa shape index (κ3) is 2.39. The van der Waals surface area contributed by atoms with E-state index < -0.39 is 5.60 Å². The Kier molecular flexibility index (Phi) is 3.52. The van der Waals surface area contributed by atoms with Gasteiger partial charge in [-0.1, -0.05) is 6.08 Å². The largest absolute Gasteiger partial charge is 0.493 e. The fraction of sp³-hybridized carbons (Fsp3) is 0.545. The van der Waals surface area contributed by atoms with E-state index in [9.17, 15) is 5.11 Å². The minimum atomic E-state index is -0.940. The third-order valence-corrected chi connectivity index (χ3v) is 2.47. The molecule has 1 aromatic rings. The molecular formula is C11H18N2O2. The number of methoxy groups -OCH3 is 1. The fourth-order valence-corrected chi connectivity index (χ4v) is 1.68. The molecule has 1 unspecified atom stereocenters. The smallest absolute Gasteiger partial charge is 0.162 e. The lowest BCUT2D eigenvalue weighted by Crippen LogP contribution is -2.25. The van der Waals surface area contributed by atoms with Gasteiger partial charge in [-0.05, 0) is 19.8 Å². The summed E-state index contributed by atoms with van der Waals surface area (Å²) < 4.78 is 6.80. The van der Waals surface area contributed by atoms with Crippen LogP contribution in [0.5, 0.6) is 5.75 Å². The van der Waals surface area contributed by atoms with Gasteiger partial charge in [-0.2, -0.15) is 5.10 Å². The molecule has 0 aromatic carbocycles. The maximum absolute atomic E-state index is 10.3. The molecule has 0 radical (unpaired) electrons. The number of hydrogen-bond acceptors (Lipinski definition) is 3. The van der Waals surface area contributed by atoms with Gasteiger partial charge in [0, 0.05) is 7.05 Å². The van der Waals surface area contributed by atoms with Crippen LogP contribution in [0.3, 0.4) is 0 Å². The predicted molar refractivity (Wildman–Crippen MR) is 58.8 cm³/mol. The molecule has 4 nitrogen and oxygen atoms in total. The predicted octanol–water partition coefficient (Wildman–Crippen LogP) is 1.60. The van der Waals surface area contributed by atoms with Crippen LogP contribution in [0.15, 0.2) is 18.9 Å². The van der Waals surface area contributed by atoms with Crippen LogP contribution in [-0.4, -0.2) is 22.0 Å². The zero-order chi connectivity index (χ0) is 11.5. The van der Waals surface area contributed by atoms with E-state index in [1.807, 2.05) is 0 Å². The molecule has 0 spiro atoms. The van der Waals surface area contributed by atoms with Gasteiger partial charge in [-0.15, -0.1) is 6.58 Å². The highest BCUT2D eigenvalue weighted by atomic mass is 16.5. The Morgan fingerprint density at radius 1 is 1.73 bits per heavy atom. The van der Waals surface area contributed by atoms with Crippen LogP contribution >= 0.6 is 0 Å². The van der Waals surface area contributed by atoms with Crippen molar-refractivity contribution in [3.63, 3.8) is 0 Å². The van der Waals surface area contributed by atoms with E-state index in [2.05, 4.69) is 11.7 Å². The number of aryl methyl sites for hydroxylation is 1. The van der Waals surface area contributed by atoms with Gasteiger partial charge in [0.2, 0.25) is 0 Å². The van der Waals surface area contributed by atoms with Gasteiger partial charge in [0.05, 0.1) is 13.3 Å². The summed E-state index contributed by atoms with van der Waals surface area (Å²) in [5, 5.41) is 14.4. The highest BCUT2D eigenvalue weighted by Gasteiger charge is 2.29. The average molecular weight is 210 g/mol. The molecule has 0 amide bonds. The van der Waals surface area contributed by atoms with Crippen molar-refractivity contribution in [2.75, 3.05) is 7.11 Å². The number of hydrogen-bond donors (Lipinski definition) is 1. The van der Waals surface area contributed by atoms with Crippen LogP contribution in [-0.2, 0) is 12.6 Å². The SMILES string of the molecule is C=CCCC(C)(O)c1c(OC)cnn1C. The zero-order valence-electron chi connectivity index (χ0n) is 9.53. The lowest BCUT2D eigenvalue weighted by molar-refractivity contribution is 0.0379. The first kappa shape index (κ1) is 11.8. The molecule has 0 saturated carbocycles. The Balaban J connectivity index is 3.01. The molecule has 0 bridgehead atoms. The fourth-order valence-electron chi connectivity index (χ4n) is 1.68. The molecular weight excluding hydrogens is 192 g/mol. The number of aromatic nitrogens is 2. The average Bonchev–Trinajstić information content (AvgIpc) is 2.57. The molecule has 1 rings (SSSR count). The molecule has 15 heavy (non-hydrogen) atoms. The van der Waals surface area contributed by atoms with Crippen molar-refractivity contribution in [1.29, 1.82) is 0 Å². The molecule has 1 heterocycles. The van der Waals surface area contributed by atoms with Gasteiger partial charge in [0.1, 0.15) is 11.3 Å². The lowest BCUT2D eigenvalue weighted by atomic mass is 9.95. The van der Waals surface area contributed by atoms with Crippen molar-refractivity contribution in [2.24, 2.45) is 7.05 Å².